The molecular formula is C9H12ClNO. The molecule has 0 aromatic carbocycles. The maximum absolute atomic E-state index is 9.64. The van der Waals surface area contributed by atoms with Crippen LogP contribution in [0.4, 0.5) is 0 Å². The molecule has 1 atom stereocenters. The summed E-state index contributed by atoms with van der Waals surface area (Å²) in [6.45, 7) is 3.91. The van der Waals surface area contributed by atoms with E-state index in [2.05, 4.69) is 4.98 Å². The van der Waals surface area contributed by atoms with Gasteiger partial charge in [-0.3, -0.25) is 0 Å². The van der Waals surface area contributed by atoms with Gasteiger partial charge in [-0.25, -0.2) is 4.98 Å². The van der Waals surface area contributed by atoms with Crippen molar-refractivity contribution in [3.05, 3.63) is 29.0 Å². The number of nitrogens with zero attached hydrogens (tertiary/aromatic N) is 1. The van der Waals surface area contributed by atoms with Crippen LogP contribution in [0.15, 0.2) is 18.3 Å². The van der Waals surface area contributed by atoms with Crippen LogP contribution < -0.4 is 0 Å². The van der Waals surface area contributed by atoms with E-state index in [0.29, 0.717) is 5.15 Å². The maximum atomic E-state index is 9.64. The zero-order valence-corrected chi connectivity index (χ0v) is 7.92. The molecule has 1 rings (SSSR count). The van der Waals surface area contributed by atoms with Gasteiger partial charge in [0, 0.05) is 6.20 Å². The zero-order valence-electron chi connectivity index (χ0n) is 7.16. The van der Waals surface area contributed by atoms with Crippen molar-refractivity contribution in [2.45, 2.75) is 20.0 Å². The van der Waals surface area contributed by atoms with Crippen LogP contribution in [0, 0.1) is 5.92 Å². The molecule has 1 aromatic rings. The second-order valence-electron chi connectivity index (χ2n) is 3.10. The molecule has 0 fully saturated rings. The third-order valence-corrected chi connectivity index (χ3v) is 1.93. The molecule has 1 N–H and O–H groups in total. The Hall–Kier alpha value is -0.600. The van der Waals surface area contributed by atoms with Crippen molar-refractivity contribution < 1.29 is 5.11 Å². The summed E-state index contributed by atoms with van der Waals surface area (Å²) in [5, 5.41) is 10.1. The standard InChI is InChI=1S/C9H12ClNO/c1-6(2)9(12)7-3-4-11-8(10)5-7/h3-6,9,12H,1-2H3. The van der Waals surface area contributed by atoms with Gasteiger partial charge in [0.25, 0.3) is 0 Å². The van der Waals surface area contributed by atoms with Gasteiger partial charge in [0.05, 0.1) is 6.10 Å². The second-order valence-corrected chi connectivity index (χ2v) is 3.49. The minimum Gasteiger partial charge on any atom is -0.388 e. The van der Waals surface area contributed by atoms with Gasteiger partial charge >= 0.3 is 0 Å². The third kappa shape index (κ3) is 2.19. The van der Waals surface area contributed by atoms with E-state index in [1.807, 2.05) is 13.8 Å². The quantitative estimate of drug-likeness (QED) is 0.718. The van der Waals surface area contributed by atoms with E-state index in [-0.39, 0.29) is 5.92 Å². The molecule has 0 bridgehead atoms. The fourth-order valence-electron chi connectivity index (χ4n) is 0.986. The van der Waals surface area contributed by atoms with Crippen LogP contribution in [0.25, 0.3) is 0 Å². The topological polar surface area (TPSA) is 33.1 Å². The molecule has 0 radical (unpaired) electrons. The van der Waals surface area contributed by atoms with Crippen LogP contribution in [-0.4, -0.2) is 10.1 Å². The number of aliphatic hydroxyl groups is 1. The molecule has 12 heavy (non-hydrogen) atoms. The summed E-state index contributed by atoms with van der Waals surface area (Å²) in [6.07, 6.45) is 1.15. The minimum absolute atomic E-state index is 0.198. The first kappa shape index (κ1) is 9.49. The molecule has 0 amide bonds. The Morgan fingerprint density at radius 2 is 2.17 bits per heavy atom. The van der Waals surface area contributed by atoms with Crippen LogP contribution in [0.2, 0.25) is 5.15 Å². The lowest BCUT2D eigenvalue weighted by Crippen LogP contribution is -2.05. The Morgan fingerprint density at radius 1 is 1.50 bits per heavy atom. The SMILES string of the molecule is CC(C)C(O)c1ccnc(Cl)c1. The van der Waals surface area contributed by atoms with E-state index < -0.39 is 6.10 Å². The zero-order chi connectivity index (χ0) is 9.14. The largest absolute Gasteiger partial charge is 0.388 e. The first-order valence-electron chi connectivity index (χ1n) is 3.91. The number of pyridine rings is 1. The van der Waals surface area contributed by atoms with Crippen LogP contribution in [0.1, 0.15) is 25.5 Å². The molecule has 66 valence electrons. The van der Waals surface area contributed by atoms with Gasteiger partial charge < -0.3 is 5.11 Å². The summed E-state index contributed by atoms with van der Waals surface area (Å²) >= 11 is 5.67. The van der Waals surface area contributed by atoms with Gasteiger partial charge in [-0.15, -0.1) is 0 Å². The van der Waals surface area contributed by atoms with Gasteiger partial charge in [-0.05, 0) is 23.6 Å². The van der Waals surface area contributed by atoms with Crippen molar-refractivity contribution in [1.29, 1.82) is 0 Å². The summed E-state index contributed by atoms with van der Waals surface area (Å²) in [5.41, 5.74) is 0.824. The molecule has 0 saturated carbocycles. The Kier molecular flexibility index (Phi) is 3.06. The molecule has 0 aliphatic rings. The number of hydrogen-bond donors (Lipinski definition) is 1. The lowest BCUT2D eigenvalue weighted by Gasteiger charge is -2.14. The fourth-order valence-corrected chi connectivity index (χ4v) is 1.17. The Morgan fingerprint density at radius 3 is 2.67 bits per heavy atom. The molecule has 1 aromatic heterocycles. The summed E-state index contributed by atoms with van der Waals surface area (Å²) in [4.78, 5) is 3.84. The highest BCUT2D eigenvalue weighted by Gasteiger charge is 2.11. The van der Waals surface area contributed by atoms with Crippen molar-refractivity contribution in [2.24, 2.45) is 5.92 Å². The number of hydrogen-bond acceptors (Lipinski definition) is 2. The lowest BCUT2D eigenvalue weighted by atomic mass is 10.0. The van der Waals surface area contributed by atoms with E-state index in [1.54, 1.807) is 18.3 Å². The molecule has 0 saturated heterocycles. The summed E-state index contributed by atoms with van der Waals surface area (Å²) in [6, 6.07) is 3.46. The predicted octanol–water partition coefficient (Wildman–Crippen LogP) is 2.42. The van der Waals surface area contributed by atoms with Crippen LogP contribution in [-0.2, 0) is 0 Å². The highest BCUT2D eigenvalue weighted by molar-refractivity contribution is 6.29. The number of aliphatic hydroxyl groups excluding tert-OH is 1. The highest BCUT2D eigenvalue weighted by Crippen LogP contribution is 2.22. The average Bonchev–Trinajstić information content (AvgIpc) is 2.03. The molecule has 1 unspecified atom stereocenters. The van der Waals surface area contributed by atoms with Crippen molar-refractivity contribution in [2.75, 3.05) is 0 Å². The Balaban J connectivity index is 2.88. The first-order valence-corrected chi connectivity index (χ1v) is 4.28. The lowest BCUT2D eigenvalue weighted by molar-refractivity contribution is 0.127. The van der Waals surface area contributed by atoms with Gasteiger partial charge in [-0.1, -0.05) is 25.4 Å². The van der Waals surface area contributed by atoms with Crippen molar-refractivity contribution in [1.82, 2.24) is 4.98 Å². The van der Waals surface area contributed by atoms with Crippen molar-refractivity contribution in [3.63, 3.8) is 0 Å². The first-order chi connectivity index (χ1) is 5.61. The maximum Gasteiger partial charge on any atom is 0.129 e. The van der Waals surface area contributed by atoms with E-state index in [0.717, 1.165) is 5.56 Å². The van der Waals surface area contributed by atoms with Crippen molar-refractivity contribution in [3.8, 4) is 0 Å². The number of aromatic nitrogens is 1. The van der Waals surface area contributed by atoms with Gasteiger partial charge in [0.15, 0.2) is 0 Å². The predicted molar refractivity (Wildman–Crippen MR) is 49.0 cm³/mol. The van der Waals surface area contributed by atoms with Crippen LogP contribution in [0.3, 0.4) is 0 Å². The monoisotopic (exact) mass is 185 g/mol. The fraction of sp³-hybridized carbons (Fsp3) is 0.444. The Labute approximate surface area is 77.2 Å². The molecule has 1 heterocycles. The molecular weight excluding hydrogens is 174 g/mol. The van der Waals surface area contributed by atoms with Crippen molar-refractivity contribution >= 4 is 11.6 Å². The van der Waals surface area contributed by atoms with Gasteiger partial charge in [-0.2, -0.15) is 0 Å². The summed E-state index contributed by atoms with van der Waals surface area (Å²) in [5.74, 6) is 0.198. The van der Waals surface area contributed by atoms with E-state index in [1.165, 1.54) is 0 Å². The molecule has 2 nitrogen and oxygen atoms in total. The van der Waals surface area contributed by atoms with Gasteiger partial charge in [0.1, 0.15) is 5.15 Å². The molecule has 3 heteroatoms. The number of halogens is 1. The van der Waals surface area contributed by atoms with E-state index in [4.69, 9.17) is 11.6 Å². The smallest absolute Gasteiger partial charge is 0.129 e. The molecule has 0 aliphatic heterocycles. The highest BCUT2D eigenvalue weighted by atomic mass is 35.5. The molecule has 0 spiro atoms. The number of rotatable bonds is 2. The average molecular weight is 186 g/mol. The second kappa shape index (κ2) is 3.87. The van der Waals surface area contributed by atoms with E-state index >= 15 is 0 Å². The minimum atomic E-state index is -0.453. The summed E-state index contributed by atoms with van der Waals surface area (Å²) < 4.78 is 0. The summed E-state index contributed by atoms with van der Waals surface area (Å²) in [7, 11) is 0. The Bertz CT molecular complexity index is 262. The molecule has 0 aliphatic carbocycles. The normalized spacial score (nSPS) is 13.4. The van der Waals surface area contributed by atoms with Crippen LogP contribution in [0.5, 0.6) is 0 Å². The van der Waals surface area contributed by atoms with Crippen LogP contribution >= 0.6 is 11.6 Å². The van der Waals surface area contributed by atoms with E-state index in [9.17, 15) is 5.11 Å². The third-order valence-electron chi connectivity index (χ3n) is 1.72. The van der Waals surface area contributed by atoms with Gasteiger partial charge in [0.2, 0.25) is 0 Å².